The highest BCUT2D eigenvalue weighted by Crippen LogP contribution is 2.29. The van der Waals surface area contributed by atoms with Gasteiger partial charge in [-0.2, -0.15) is 13.2 Å². The standard InChI is InChI=1S/C20H24F3NO3/c21-20(22,23)17-5-1-3-16(11-17)12-27-18-8-6-15(7-9-18)4-2-10-19(24,13-25)14-26/h1,3,5-9,11,25-26H,2,4,10,12-14,24H2. The molecule has 0 fully saturated rings. The third-order valence-corrected chi connectivity index (χ3v) is 4.35. The summed E-state index contributed by atoms with van der Waals surface area (Å²) in [6.07, 6.45) is -2.44. The fourth-order valence-corrected chi connectivity index (χ4v) is 2.61. The van der Waals surface area contributed by atoms with Crippen molar-refractivity contribution < 1.29 is 28.1 Å². The highest BCUT2D eigenvalue weighted by molar-refractivity contribution is 5.29. The van der Waals surface area contributed by atoms with E-state index in [0.717, 1.165) is 24.1 Å². The molecule has 2 aromatic rings. The van der Waals surface area contributed by atoms with Crippen molar-refractivity contribution >= 4 is 0 Å². The first-order chi connectivity index (χ1) is 12.8. The van der Waals surface area contributed by atoms with Crippen LogP contribution in [0.5, 0.6) is 5.75 Å². The molecule has 27 heavy (non-hydrogen) atoms. The molecular formula is C20H24F3NO3. The largest absolute Gasteiger partial charge is 0.489 e. The van der Waals surface area contributed by atoms with Gasteiger partial charge in [-0.3, -0.25) is 0 Å². The van der Waals surface area contributed by atoms with E-state index < -0.39 is 17.3 Å². The summed E-state index contributed by atoms with van der Waals surface area (Å²) < 4.78 is 43.7. The van der Waals surface area contributed by atoms with Crippen LogP contribution < -0.4 is 10.5 Å². The molecule has 0 aliphatic heterocycles. The molecule has 0 spiro atoms. The molecule has 0 radical (unpaired) electrons. The molecular weight excluding hydrogens is 359 g/mol. The van der Waals surface area contributed by atoms with Crippen LogP contribution in [0.4, 0.5) is 13.2 Å². The van der Waals surface area contributed by atoms with Crippen molar-refractivity contribution in [1.82, 2.24) is 0 Å². The second-order valence-electron chi connectivity index (χ2n) is 6.66. The van der Waals surface area contributed by atoms with E-state index >= 15 is 0 Å². The van der Waals surface area contributed by atoms with Gasteiger partial charge in [-0.1, -0.05) is 24.3 Å². The van der Waals surface area contributed by atoms with Crippen molar-refractivity contribution in [3.8, 4) is 5.75 Å². The molecule has 4 nitrogen and oxygen atoms in total. The van der Waals surface area contributed by atoms with Crippen molar-refractivity contribution in [1.29, 1.82) is 0 Å². The van der Waals surface area contributed by atoms with Gasteiger partial charge in [0.1, 0.15) is 12.4 Å². The summed E-state index contributed by atoms with van der Waals surface area (Å²) in [6, 6.07) is 12.3. The van der Waals surface area contributed by atoms with Crippen molar-refractivity contribution in [3.63, 3.8) is 0 Å². The quantitative estimate of drug-likeness (QED) is 0.621. The Labute approximate surface area is 156 Å². The van der Waals surface area contributed by atoms with Gasteiger partial charge in [0.05, 0.1) is 24.3 Å². The van der Waals surface area contributed by atoms with Crippen LogP contribution in [0.3, 0.4) is 0 Å². The Morgan fingerprint density at radius 2 is 1.59 bits per heavy atom. The summed E-state index contributed by atoms with van der Waals surface area (Å²) in [6.45, 7) is -0.496. The van der Waals surface area contributed by atoms with Crippen molar-refractivity contribution in [2.45, 2.75) is 37.6 Å². The maximum Gasteiger partial charge on any atom is 0.416 e. The number of benzene rings is 2. The van der Waals surface area contributed by atoms with Crippen molar-refractivity contribution in [2.75, 3.05) is 13.2 Å². The van der Waals surface area contributed by atoms with Gasteiger partial charge in [0, 0.05) is 0 Å². The first-order valence-corrected chi connectivity index (χ1v) is 8.64. The summed E-state index contributed by atoms with van der Waals surface area (Å²) in [7, 11) is 0. The lowest BCUT2D eigenvalue weighted by Gasteiger charge is -2.24. The molecule has 2 aromatic carbocycles. The Morgan fingerprint density at radius 3 is 2.19 bits per heavy atom. The highest BCUT2D eigenvalue weighted by Gasteiger charge is 2.30. The number of hydrogen-bond donors (Lipinski definition) is 3. The van der Waals surface area contributed by atoms with E-state index in [-0.39, 0.29) is 19.8 Å². The fraction of sp³-hybridized carbons (Fsp3) is 0.400. The summed E-state index contributed by atoms with van der Waals surface area (Å²) in [5.74, 6) is 0.565. The second kappa shape index (κ2) is 9.21. The van der Waals surface area contributed by atoms with Crippen molar-refractivity contribution in [3.05, 3.63) is 65.2 Å². The number of aliphatic hydroxyl groups excluding tert-OH is 2. The van der Waals surface area contributed by atoms with Crippen LogP contribution in [0.1, 0.15) is 29.5 Å². The predicted octanol–water partition coefficient (Wildman–Crippen LogP) is 3.29. The van der Waals surface area contributed by atoms with Gasteiger partial charge in [0.25, 0.3) is 0 Å². The highest BCUT2D eigenvalue weighted by atomic mass is 19.4. The molecule has 0 bridgehead atoms. The normalized spacial score (nSPS) is 12.2. The van der Waals surface area contributed by atoms with E-state index in [1.807, 2.05) is 12.1 Å². The van der Waals surface area contributed by atoms with E-state index in [0.29, 0.717) is 24.2 Å². The Bertz CT molecular complexity index is 713. The zero-order valence-corrected chi connectivity index (χ0v) is 14.9. The Morgan fingerprint density at radius 1 is 0.926 bits per heavy atom. The molecule has 0 aliphatic carbocycles. The number of hydrogen-bond acceptors (Lipinski definition) is 4. The lowest BCUT2D eigenvalue weighted by molar-refractivity contribution is -0.137. The maximum atomic E-state index is 12.7. The Balaban J connectivity index is 1.86. The zero-order valence-electron chi connectivity index (χ0n) is 14.9. The van der Waals surface area contributed by atoms with Gasteiger partial charge in [-0.25, -0.2) is 0 Å². The number of aliphatic hydroxyl groups is 2. The lowest BCUT2D eigenvalue weighted by atomic mass is 9.94. The summed E-state index contributed by atoms with van der Waals surface area (Å²) in [5, 5.41) is 18.3. The molecule has 7 heteroatoms. The Kier molecular flexibility index (Phi) is 7.24. The average molecular weight is 383 g/mol. The molecule has 4 N–H and O–H groups in total. The molecule has 148 valence electrons. The van der Waals surface area contributed by atoms with Crippen molar-refractivity contribution in [2.24, 2.45) is 5.73 Å². The molecule has 0 heterocycles. The molecule has 0 aliphatic rings. The minimum Gasteiger partial charge on any atom is -0.489 e. The van der Waals surface area contributed by atoms with E-state index in [2.05, 4.69) is 0 Å². The SMILES string of the molecule is NC(CO)(CO)CCCc1ccc(OCc2cccc(C(F)(F)F)c2)cc1. The van der Waals surface area contributed by atoms with Crippen LogP contribution in [-0.2, 0) is 19.2 Å². The van der Waals surface area contributed by atoms with Crippen LogP contribution >= 0.6 is 0 Å². The first kappa shape index (κ1) is 21.2. The fourth-order valence-electron chi connectivity index (χ4n) is 2.61. The van der Waals surface area contributed by atoms with Crippen LogP contribution in [0.25, 0.3) is 0 Å². The van der Waals surface area contributed by atoms with Gasteiger partial charge in [-0.05, 0) is 54.7 Å². The third kappa shape index (κ3) is 6.53. The second-order valence-corrected chi connectivity index (χ2v) is 6.66. The minimum absolute atomic E-state index is 0.0476. The molecule has 0 saturated heterocycles. The number of nitrogens with two attached hydrogens (primary N) is 1. The van der Waals surface area contributed by atoms with E-state index in [1.54, 1.807) is 18.2 Å². The molecule has 2 rings (SSSR count). The van der Waals surface area contributed by atoms with E-state index in [9.17, 15) is 13.2 Å². The van der Waals surface area contributed by atoms with Gasteiger partial charge >= 0.3 is 6.18 Å². The lowest BCUT2D eigenvalue weighted by Crippen LogP contribution is -2.47. The molecule has 0 aromatic heterocycles. The van der Waals surface area contributed by atoms with Gasteiger partial charge in [-0.15, -0.1) is 0 Å². The van der Waals surface area contributed by atoms with E-state index in [1.165, 1.54) is 6.07 Å². The smallest absolute Gasteiger partial charge is 0.416 e. The monoisotopic (exact) mass is 383 g/mol. The van der Waals surface area contributed by atoms with Crippen LogP contribution in [0.2, 0.25) is 0 Å². The minimum atomic E-state index is -4.37. The number of rotatable bonds is 9. The zero-order chi connectivity index (χ0) is 19.9. The molecule has 0 unspecified atom stereocenters. The van der Waals surface area contributed by atoms with Crippen LogP contribution in [-0.4, -0.2) is 29.0 Å². The summed E-state index contributed by atoms with van der Waals surface area (Å²) >= 11 is 0. The average Bonchev–Trinajstić information content (AvgIpc) is 2.67. The number of ether oxygens (including phenoxy) is 1. The summed E-state index contributed by atoms with van der Waals surface area (Å²) in [4.78, 5) is 0. The maximum absolute atomic E-state index is 12.7. The summed E-state index contributed by atoms with van der Waals surface area (Å²) in [5.41, 5.74) is 5.66. The van der Waals surface area contributed by atoms with Crippen LogP contribution in [0, 0.1) is 0 Å². The van der Waals surface area contributed by atoms with Gasteiger partial charge < -0.3 is 20.7 Å². The third-order valence-electron chi connectivity index (χ3n) is 4.35. The molecule has 0 atom stereocenters. The Hall–Kier alpha value is -2.09. The topological polar surface area (TPSA) is 75.7 Å². The number of aryl methyl sites for hydroxylation is 1. The van der Waals surface area contributed by atoms with E-state index in [4.69, 9.17) is 20.7 Å². The predicted molar refractivity (Wildman–Crippen MR) is 96.2 cm³/mol. The number of alkyl halides is 3. The first-order valence-electron chi connectivity index (χ1n) is 8.64. The molecule has 0 amide bonds. The number of halogens is 3. The van der Waals surface area contributed by atoms with Gasteiger partial charge in [0.15, 0.2) is 0 Å². The molecule has 0 saturated carbocycles. The van der Waals surface area contributed by atoms with Crippen LogP contribution in [0.15, 0.2) is 48.5 Å². The van der Waals surface area contributed by atoms with Gasteiger partial charge in [0.2, 0.25) is 0 Å².